The third-order valence-electron chi connectivity index (χ3n) is 6.23. The molecule has 3 heterocycles. The summed E-state index contributed by atoms with van der Waals surface area (Å²) in [6.45, 7) is 3.96. The number of para-hydroxylation sites is 1. The van der Waals surface area contributed by atoms with Gasteiger partial charge in [0.2, 0.25) is 11.8 Å². The van der Waals surface area contributed by atoms with Gasteiger partial charge in [-0.1, -0.05) is 18.2 Å². The Balaban J connectivity index is 1.39. The number of carbonyl (C=O) groups is 4. The van der Waals surface area contributed by atoms with Gasteiger partial charge in [-0.25, -0.2) is 0 Å². The summed E-state index contributed by atoms with van der Waals surface area (Å²) in [7, 11) is 0. The van der Waals surface area contributed by atoms with Gasteiger partial charge >= 0.3 is 11.8 Å². The van der Waals surface area contributed by atoms with Crippen LogP contribution in [0.25, 0.3) is 10.9 Å². The Kier molecular flexibility index (Phi) is 6.43. The van der Waals surface area contributed by atoms with Crippen molar-refractivity contribution in [2.75, 3.05) is 39.3 Å². The molecular formula is C23H29N5O4. The lowest BCUT2D eigenvalue weighted by Gasteiger charge is -2.36. The fourth-order valence-corrected chi connectivity index (χ4v) is 4.51. The Labute approximate surface area is 186 Å². The number of aromatic nitrogens is 1. The number of benzene rings is 1. The number of rotatable bonds is 4. The SMILES string of the molecule is CC(=O)NC(Cc1c[nH]c2ccccc12)C(=O)N1CCN(C(=O)C(=O)N2CCCC2)CC1. The van der Waals surface area contributed by atoms with Gasteiger partial charge in [-0.05, 0) is 24.5 Å². The van der Waals surface area contributed by atoms with E-state index in [0.717, 1.165) is 29.3 Å². The largest absolute Gasteiger partial charge is 0.361 e. The summed E-state index contributed by atoms with van der Waals surface area (Å²) in [6, 6.07) is 7.13. The summed E-state index contributed by atoms with van der Waals surface area (Å²) in [5.41, 5.74) is 1.93. The van der Waals surface area contributed by atoms with Crippen LogP contribution in [0.3, 0.4) is 0 Å². The van der Waals surface area contributed by atoms with E-state index in [2.05, 4.69) is 10.3 Å². The van der Waals surface area contributed by atoms with Gasteiger partial charge in [-0.2, -0.15) is 0 Å². The number of hydrogen-bond donors (Lipinski definition) is 2. The summed E-state index contributed by atoms with van der Waals surface area (Å²) in [5, 5.41) is 3.80. The molecule has 0 aliphatic carbocycles. The van der Waals surface area contributed by atoms with Crippen LogP contribution >= 0.6 is 0 Å². The highest BCUT2D eigenvalue weighted by molar-refractivity contribution is 6.35. The smallest absolute Gasteiger partial charge is 0.312 e. The molecule has 4 amide bonds. The first-order valence-corrected chi connectivity index (χ1v) is 11.1. The second-order valence-corrected chi connectivity index (χ2v) is 8.43. The number of carbonyl (C=O) groups excluding carboxylic acids is 4. The minimum atomic E-state index is -0.694. The van der Waals surface area contributed by atoms with Crippen LogP contribution in [0.4, 0.5) is 0 Å². The zero-order chi connectivity index (χ0) is 22.7. The van der Waals surface area contributed by atoms with Crippen LogP contribution < -0.4 is 5.32 Å². The lowest BCUT2D eigenvalue weighted by atomic mass is 10.0. The summed E-state index contributed by atoms with van der Waals surface area (Å²) >= 11 is 0. The number of nitrogens with one attached hydrogen (secondary N) is 2. The fraction of sp³-hybridized carbons (Fsp3) is 0.478. The topological polar surface area (TPSA) is 106 Å². The Bertz CT molecular complexity index is 1020. The Morgan fingerprint density at radius 3 is 2.16 bits per heavy atom. The molecule has 1 unspecified atom stereocenters. The fourth-order valence-electron chi connectivity index (χ4n) is 4.51. The zero-order valence-electron chi connectivity index (χ0n) is 18.3. The molecule has 1 aromatic heterocycles. The molecule has 0 bridgehead atoms. The predicted molar refractivity (Wildman–Crippen MR) is 119 cm³/mol. The third kappa shape index (κ3) is 4.61. The Hall–Kier alpha value is -3.36. The van der Waals surface area contributed by atoms with Crippen molar-refractivity contribution in [3.05, 3.63) is 36.0 Å². The number of aromatic amines is 1. The number of amides is 4. The number of likely N-dealkylation sites (tertiary alicyclic amines) is 1. The minimum absolute atomic E-state index is 0.177. The van der Waals surface area contributed by atoms with Crippen LogP contribution in [-0.4, -0.2) is 88.6 Å². The van der Waals surface area contributed by atoms with Crippen molar-refractivity contribution in [3.63, 3.8) is 0 Å². The second kappa shape index (κ2) is 9.42. The molecular weight excluding hydrogens is 410 g/mol. The molecule has 32 heavy (non-hydrogen) atoms. The second-order valence-electron chi connectivity index (χ2n) is 8.43. The molecule has 2 aliphatic heterocycles. The molecule has 2 aliphatic rings. The van der Waals surface area contributed by atoms with Gasteiger partial charge in [0.05, 0.1) is 0 Å². The van der Waals surface area contributed by atoms with Gasteiger partial charge in [0.15, 0.2) is 0 Å². The van der Waals surface area contributed by atoms with E-state index in [9.17, 15) is 19.2 Å². The van der Waals surface area contributed by atoms with E-state index in [1.165, 1.54) is 11.8 Å². The first kappa shape index (κ1) is 21.9. The van der Waals surface area contributed by atoms with Gasteiger partial charge in [0.25, 0.3) is 0 Å². The van der Waals surface area contributed by atoms with Crippen LogP contribution in [-0.2, 0) is 25.6 Å². The van der Waals surface area contributed by atoms with E-state index in [1.54, 1.807) is 9.80 Å². The molecule has 4 rings (SSSR count). The highest BCUT2D eigenvalue weighted by Crippen LogP contribution is 2.20. The molecule has 9 heteroatoms. The zero-order valence-corrected chi connectivity index (χ0v) is 18.3. The average molecular weight is 440 g/mol. The van der Waals surface area contributed by atoms with Gasteiger partial charge in [0.1, 0.15) is 6.04 Å². The van der Waals surface area contributed by atoms with E-state index >= 15 is 0 Å². The quantitative estimate of drug-likeness (QED) is 0.677. The molecule has 1 aromatic carbocycles. The van der Waals surface area contributed by atoms with Crippen LogP contribution in [0.5, 0.6) is 0 Å². The van der Waals surface area contributed by atoms with Crippen molar-refractivity contribution >= 4 is 34.5 Å². The monoisotopic (exact) mass is 439 g/mol. The molecule has 0 radical (unpaired) electrons. The molecule has 2 N–H and O–H groups in total. The number of piperazine rings is 1. The molecule has 0 saturated carbocycles. The lowest BCUT2D eigenvalue weighted by molar-refractivity contribution is -0.153. The summed E-state index contributed by atoms with van der Waals surface area (Å²) in [5.74, 6) is -1.38. The van der Waals surface area contributed by atoms with Gasteiger partial charge in [-0.3, -0.25) is 19.2 Å². The van der Waals surface area contributed by atoms with Gasteiger partial charge < -0.3 is 25.0 Å². The predicted octanol–water partition coefficient (Wildman–Crippen LogP) is 0.508. The highest BCUT2D eigenvalue weighted by atomic mass is 16.2. The molecule has 1 atom stereocenters. The van der Waals surface area contributed by atoms with Crippen molar-refractivity contribution in [2.45, 2.75) is 32.2 Å². The highest BCUT2D eigenvalue weighted by Gasteiger charge is 2.33. The standard InChI is InChI=1S/C23H29N5O4/c1-16(29)25-20(14-17-15-24-19-7-3-2-6-18(17)19)21(30)27-10-12-28(13-11-27)23(32)22(31)26-8-4-5-9-26/h2-3,6-7,15,20,24H,4-5,8-14H2,1H3,(H,25,29). The third-order valence-corrected chi connectivity index (χ3v) is 6.23. The number of fused-ring (bicyclic) bond motifs is 1. The normalized spacial score (nSPS) is 17.5. The molecule has 2 saturated heterocycles. The van der Waals surface area contributed by atoms with Crippen molar-refractivity contribution in [2.24, 2.45) is 0 Å². The maximum Gasteiger partial charge on any atom is 0.312 e. The Morgan fingerprint density at radius 2 is 1.50 bits per heavy atom. The molecule has 2 aromatic rings. The summed E-state index contributed by atoms with van der Waals surface area (Å²) < 4.78 is 0. The van der Waals surface area contributed by atoms with E-state index in [4.69, 9.17) is 0 Å². The Morgan fingerprint density at radius 1 is 0.906 bits per heavy atom. The minimum Gasteiger partial charge on any atom is -0.361 e. The first-order valence-electron chi connectivity index (χ1n) is 11.1. The molecule has 9 nitrogen and oxygen atoms in total. The van der Waals surface area contributed by atoms with Crippen molar-refractivity contribution in [1.82, 2.24) is 25.0 Å². The van der Waals surface area contributed by atoms with Gasteiger partial charge in [-0.15, -0.1) is 0 Å². The number of hydrogen-bond acceptors (Lipinski definition) is 4. The number of H-pyrrole nitrogens is 1. The summed E-state index contributed by atoms with van der Waals surface area (Å²) in [4.78, 5) is 58.0. The first-order chi connectivity index (χ1) is 15.4. The van der Waals surface area contributed by atoms with Gasteiger partial charge in [0, 0.05) is 69.7 Å². The van der Waals surface area contributed by atoms with Crippen LogP contribution in [0.15, 0.2) is 30.5 Å². The average Bonchev–Trinajstić information content (AvgIpc) is 3.48. The van der Waals surface area contributed by atoms with E-state index in [0.29, 0.717) is 45.7 Å². The summed E-state index contributed by atoms with van der Waals surface area (Å²) in [6.07, 6.45) is 4.10. The maximum absolute atomic E-state index is 13.2. The van der Waals surface area contributed by atoms with Crippen molar-refractivity contribution in [3.8, 4) is 0 Å². The van der Waals surface area contributed by atoms with Crippen molar-refractivity contribution < 1.29 is 19.2 Å². The van der Waals surface area contributed by atoms with Crippen LogP contribution in [0.2, 0.25) is 0 Å². The lowest BCUT2D eigenvalue weighted by Crippen LogP contribution is -2.57. The van der Waals surface area contributed by atoms with Crippen LogP contribution in [0.1, 0.15) is 25.3 Å². The van der Waals surface area contributed by atoms with E-state index in [-0.39, 0.29) is 11.8 Å². The number of nitrogens with zero attached hydrogens (tertiary/aromatic N) is 3. The molecule has 170 valence electrons. The molecule has 2 fully saturated rings. The molecule has 0 spiro atoms. The van der Waals surface area contributed by atoms with E-state index in [1.807, 2.05) is 30.5 Å². The van der Waals surface area contributed by atoms with Crippen molar-refractivity contribution in [1.29, 1.82) is 0 Å². The van der Waals surface area contributed by atoms with Crippen LogP contribution in [0, 0.1) is 0 Å². The maximum atomic E-state index is 13.2. The van der Waals surface area contributed by atoms with E-state index < -0.39 is 17.9 Å².